The second-order valence-electron chi connectivity index (χ2n) is 9.08. The van der Waals surface area contributed by atoms with E-state index in [-0.39, 0.29) is 22.6 Å². The summed E-state index contributed by atoms with van der Waals surface area (Å²) in [6.07, 6.45) is 5.29. The minimum Gasteiger partial charge on any atom is -0.497 e. The van der Waals surface area contributed by atoms with E-state index in [1.165, 1.54) is 32.1 Å². The van der Waals surface area contributed by atoms with Gasteiger partial charge in [0.1, 0.15) is 11.8 Å². The Kier molecular flexibility index (Phi) is 8.16. The maximum atomic E-state index is 13.2. The Morgan fingerprint density at radius 3 is 2.12 bits per heavy atom. The number of ether oxygens (including phenoxy) is 1. The highest BCUT2D eigenvalue weighted by Crippen LogP contribution is 2.28. The number of hydrogen-bond donors (Lipinski definition) is 1. The van der Waals surface area contributed by atoms with E-state index in [4.69, 9.17) is 4.74 Å². The first-order valence-electron chi connectivity index (χ1n) is 11.4. The Morgan fingerprint density at radius 2 is 1.59 bits per heavy atom. The van der Waals surface area contributed by atoms with Crippen molar-refractivity contribution >= 4 is 21.8 Å². The molecule has 1 saturated carbocycles. The van der Waals surface area contributed by atoms with E-state index in [2.05, 4.69) is 4.72 Å². The molecule has 1 saturated heterocycles. The van der Waals surface area contributed by atoms with Crippen LogP contribution in [0, 0.1) is 11.8 Å². The van der Waals surface area contributed by atoms with Crippen LogP contribution in [0.3, 0.4) is 0 Å². The summed E-state index contributed by atoms with van der Waals surface area (Å²) in [7, 11) is -2.36. The van der Waals surface area contributed by atoms with Crippen LogP contribution in [-0.4, -0.2) is 69.4 Å². The molecule has 1 aromatic carbocycles. The van der Waals surface area contributed by atoms with Crippen LogP contribution in [0.2, 0.25) is 0 Å². The number of nitrogens with zero attached hydrogens (tertiary/aromatic N) is 2. The molecule has 0 spiro atoms. The molecular weight excluding hydrogens is 430 g/mol. The van der Waals surface area contributed by atoms with Crippen LogP contribution in [0.5, 0.6) is 5.75 Å². The third-order valence-corrected chi connectivity index (χ3v) is 7.92. The molecule has 2 amide bonds. The van der Waals surface area contributed by atoms with Crippen LogP contribution in [0.25, 0.3) is 0 Å². The molecule has 1 aliphatic heterocycles. The summed E-state index contributed by atoms with van der Waals surface area (Å²) >= 11 is 0. The zero-order valence-electron chi connectivity index (χ0n) is 19.2. The van der Waals surface area contributed by atoms with Gasteiger partial charge < -0.3 is 14.5 Å². The van der Waals surface area contributed by atoms with Gasteiger partial charge in [-0.3, -0.25) is 9.59 Å². The zero-order chi connectivity index (χ0) is 23.3. The lowest BCUT2D eigenvalue weighted by Crippen LogP contribution is -2.57. The standard InChI is InChI=1S/C23H35N3O5S/c1-17(2)22(24-32(29,30)20-10-8-19(31-3)9-11-20)23(28)26-14-12-25(13-15-26)21(27)16-18-6-4-5-7-18/h8-11,17-18,22,24H,4-7,12-16H2,1-3H3/t22-/m0/s1. The highest BCUT2D eigenvalue weighted by molar-refractivity contribution is 7.89. The van der Waals surface area contributed by atoms with Gasteiger partial charge in [0, 0.05) is 32.6 Å². The molecule has 3 rings (SSSR count). The molecule has 1 N–H and O–H groups in total. The van der Waals surface area contributed by atoms with Crippen LogP contribution in [0.1, 0.15) is 46.0 Å². The van der Waals surface area contributed by atoms with Gasteiger partial charge in [-0.05, 0) is 48.9 Å². The first kappa shape index (κ1) is 24.5. The van der Waals surface area contributed by atoms with Gasteiger partial charge in [-0.2, -0.15) is 4.72 Å². The third-order valence-electron chi connectivity index (χ3n) is 6.47. The average Bonchev–Trinajstić information content (AvgIpc) is 3.30. The van der Waals surface area contributed by atoms with Crippen molar-refractivity contribution in [1.82, 2.24) is 14.5 Å². The molecule has 8 nitrogen and oxygen atoms in total. The minimum atomic E-state index is -3.87. The smallest absolute Gasteiger partial charge is 0.241 e. The molecule has 1 heterocycles. The number of amides is 2. The second kappa shape index (κ2) is 10.7. The number of benzene rings is 1. The Hall–Kier alpha value is -2.13. The fourth-order valence-electron chi connectivity index (χ4n) is 4.43. The Balaban J connectivity index is 1.59. The van der Waals surface area contributed by atoms with Crippen LogP contribution in [0.15, 0.2) is 29.2 Å². The summed E-state index contributed by atoms with van der Waals surface area (Å²) in [5.74, 6) is 0.753. The summed E-state index contributed by atoms with van der Waals surface area (Å²) in [6, 6.07) is 5.18. The molecule has 0 bridgehead atoms. The number of methoxy groups -OCH3 is 1. The number of nitrogens with one attached hydrogen (secondary N) is 1. The summed E-state index contributed by atoms with van der Waals surface area (Å²) < 4.78 is 33.4. The van der Waals surface area contributed by atoms with Gasteiger partial charge in [0.2, 0.25) is 21.8 Å². The molecular formula is C23H35N3O5S. The number of carbonyl (C=O) groups is 2. The molecule has 0 aromatic heterocycles. The second-order valence-corrected chi connectivity index (χ2v) is 10.8. The van der Waals surface area contributed by atoms with Crippen LogP contribution >= 0.6 is 0 Å². The molecule has 1 atom stereocenters. The first-order valence-corrected chi connectivity index (χ1v) is 12.9. The normalized spacial score (nSPS) is 18.8. The Morgan fingerprint density at radius 1 is 1.03 bits per heavy atom. The number of piperazine rings is 1. The van der Waals surface area contributed by atoms with Crippen molar-refractivity contribution in [3.05, 3.63) is 24.3 Å². The SMILES string of the molecule is COc1ccc(S(=O)(=O)N[C@H](C(=O)N2CCN(C(=O)CC3CCCC3)CC2)C(C)C)cc1. The van der Waals surface area contributed by atoms with Gasteiger partial charge in [0.25, 0.3) is 0 Å². The van der Waals surface area contributed by atoms with Gasteiger partial charge >= 0.3 is 0 Å². The molecule has 9 heteroatoms. The molecule has 1 aliphatic carbocycles. The van der Waals surface area contributed by atoms with E-state index in [1.807, 2.05) is 18.7 Å². The van der Waals surface area contributed by atoms with Crippen LogP contribution < -0.4 is 9.46 Å². The van der Waals surface area contributed by atoms with Crippen molar-refractivity contribution in [3.63, 3.8) is 0 Å². The molecule has 2 fully saturated rings. The van der Waals surface area contributed by atoms with Gasteiger partial charge in [-0.1, -0.05) is 26.7 Å². The largest absolute Gasteiger partial charge is 0.497 e. The highest BCUT2D eigenvalue weighted by atomic mass is 32.2. The van der Waals surface area contributed by atoms with Gasteiger partial charge in [-0.15, -0.1) is 0 Å². The maximum absolute atomic E-state index is 13.2. The average molecular weight is 466 g/mol. The zero-order valence-corrected chi connectivity index (χ0v) is 20.1. The van der Waals surface area contributed by atoms with E-state index >= 15 is 0 Å². The maximum Gasteiger partial charge on any atom is 0.241 e. The number of rotatable bonds is 8. The lowest BCUT2D eigenvalue weighted by atomic mass is 10.0. The van der Waals surface area contributed by atoms with Crippen molar-refractivity contribution in [3.8, 4) is 5.75 Å². The number of hydrogen-bond acceptors (Lipinski definition) is 5. The number of carbonyl (C=O) groups excluding carboxylic acids is 2. The van der Waals surface area contributed by atoms with Crippen molar-refractivity contribution in [2.75, 3.05) is 33.3 Å². The Labute approximate surface area is 191 Å². The van der Waals surface area contributed by atoms with Crippen LogP contribution in [-0.2, 0) is 19.6 Å². The molecule has 178 valence electrons. The predicted octanol–water partition coefficient (Wildman–Crippen LogP) is 2.25. The fraction of sp³-hybridized carbons (Fsp3) is 0.652. The monoisotopic (exact) mass is 465 g/mol. The van der Waals surface area contributed by atoms with E-state index in [1.54, 1.807) is 17.0 Å². The lowest BCUT2D eigenvalue weighted by Gasteiger charge is -2.37. The van der Waals surface area contributed by atoms with Crippen LogP contribution in [0.4, 0.5) is 0 Å². The van der Waals surface area contributed by atoms with Gasteiger partial charge in [0.05, 0.1) is 12.0 Å². The molecule has 32 heavy (non-hydrogen) atoms. The molecule has 1 aromatic rings. The summed E-state index contributed by atoms with van der Waals surface area (Å²) in [6.45, 7) is 5.47. The minimum absolute atomic E-state index is 0.0825. The Bertz CT molecular complexity index is 887. The third kappa shape index (κ3) is 6.01. The molecule has 2 aliphatic rings. The molecule has 0 unspecified atom stereocenters. The quantitative estimate of drug-likeness (QED) is 0.635. The predicted molar refractivity (Wildman–Crippen MR) is 122 cm³/mol. The fourth-order valence-corrected chi connectivity index (χ4v) is 5.76. The van der Waals surface area contributed by atoms with E-state index < -0.39 is 16.1 Å². The van der Waals surface area contributed by atoms with E-state index in [9.17, 15) is 18.0 Å². The topological polar surface area (TPSA) is 96.0 Å². The molecule has 0 radical (unpaired) electrons. The summed E-state index contributed by atoms with van der Waals surface area (Å²) in [5.41, 5.74) is 0. The summed E-state index contributed by atoms with van der Waals surface area (Å²) in [4.78, 5) is 29.4. The highest BCUT2D eigenvalue weighted by Gasteiger charge is 2.34. The van der Waals surface area contributed by atoms with Crippen molar-refractivity contribution in [2.45, 2.75) is 56.9 Å². The van der Waals surface area contributed by atoms with Crippen molar-refractivity contribution in [2.24, 2.45) is 11.8 Å². The van der Waals surface area contributed by atoms with E-state index in [0.29, 0.717) is 44.3 Å². The van der Waals surface area contributed by atoms with Crippen molar-refractivity contribution in [1.29, 1.82) is 0 Å². The lowest BCUT2D eigenvalue weighted by molar-refractivity contribution is -0.141. The van der Waals surface area contributed by atoms with Gasteiger partial charge in [0.15, 0.2) is 0 Å². The summed E-state index contributed by atoms with van der Waals surface area (Å²) in [5, 5.41) is 0. The van der Waals surface area contributed by atoms with E-state index in [0.717, 1.165) is 12.8 Å². The first-order chi connectivity index (χ1) is 15.2. The number of sulfonamides is 1. The van der Waals surface area contributed by atoms with Gasteiger partial charge in [-0.25, -0.2) is 8.42 Å². The van der Waals surface area contributed by atoms with Crippen molar-refractivity contribution < 1.29 is 22.7 Å².